The van der Waals surface area contributed by atoms with Gasteiger partial charge in [0, 0.05) is 5.56 Å². The monoisotopic (exact) mass is 210 g/mol. The van der Waals surface area contributed by atoms with E-state index in [0.29, 0.717) is 5.56 Å². The number of carboxylic acids is 1. The van der Waals surface area contributed by atoms with E-state index in [0.717, 1.165) is 5.69 Å². The van der Waals surface area contributed by atoms with Gasteiger partial charge in [0.15, 0.2) is 5.69 Å². The van der Waals surface area contributed by atoms with E-state index in [1.807, 2.05) is 27.7 Å². The summed E-state index contributed by atoms with van der Waals surface area (Å²) in [5, 5.41) is 15.6. The highest BCUT2D eigenvalue weighted by Crippen LogP contribution is 2.46. The molecule has 0 radical (unpaired) electrons. The molecule has 0 spiro atoms. The second kappa shape index (κ2) is 2.61. The molecule has 82 valence electrons. The molecule has 1 aromatic heterocycles. The zero-order valence-electron chi connectivity index (χ0n) is 9.21. The van der Waals surface area contributed by atoms with Gasteiger partial charge in [-0.25, -0.2) is 4.79 Å². The van der Waals surface area contributed by atoms with E-state index in [9.17, 15) is 4.79 Å². The van der Waals surface area contributed by atoms with Crippen LogP contribution in [0.25, 0.3) is 0 Å². The molecule has 0 atom stereocenters. The lowest BCUT2D eigenvalue weighted by atomic mass is 9.95. The average molecular weight is 210 g/mol. The number of carboxylic acid groups (broad SMARTS) is 1. The van der Waals surface area contributed by atoms with Crippen molar-refractivity contribution in [3.05, 3.63) is 17.0 Å². The molecule has 0 fully saturated rings. The fraction of sp³-hybridized carbons (Fsp3) is 0.600. The van der Waals surface area contributed by atoms with E-state index in [1.165, 1.54) is 0 Å². The highest BCUT2D eigenvalue weighted by Gasteiger charge is 2.48. The first-order valence-electron chi connectivity index (χ1n) is 4.78. The van der Waals surface area contributed by atoms with Crippen molar-refractivity contribution in [1.82, 2.24) is 10.2 Å². The molecule has 1 aliphatic heterocycles. The van der Waals surface area contributed by atoms with Crippen LogP contribution in [0.5, 0.6) is 0 Å². The van der Waals surface area contributed by atoms with E-state index in [2.05, 4.69) is 10.2 Å². The van der Waals surface area contributed by atoms with Gasteiger partial charge in [-0.3, -0.25) is 5.10 Å². The van der Waals surface area contributed by atoms with Crippen LogP contribution in [0, 0.1) is 0 Å². The number of hydrogen-bond donors (Lipinski definition) is 2. The first-order chi connectivity index (χ1) is 6.76. The molecule has 0 bridgehead atoms. The summed E-state index contributed by atoms with van der Waals surface area (Å²) in [6.07, 6.45) is 0. The van der Waals surface area contributed by atoms with Crippen LogP contribution in [-0.2, 0) is 15.9 Å². The summed E-state index contributed by atoms with van der Waals surface area (Å²) in [6.45, 7) is 7.49. The molecule has 2 heterocycles. The zero-order valence-corrected chi connectivity index (χ0v) is 9.21. The van der Waals surface area contributed by atoms with E-state index in [4.69, 9.17) is 9.84 Å². The van der Waals surface area contributed by atoms with Crippen molar-refractivity contribution in [2.75, 3.05) is 0 Å². The molecule has 2 N–H and O–H groups in total. The maximum Gasteiger partial charge on any atom is 0.356 e. The van der Waals surface area contributed by atoms with Crippen LogP contribution in [0.15, 0.2) is 0 Å². The van der Waals surface area contributed by atoms with Gasteiger partial charge in [-0.2, -0.15) is 5.10 Å². The Hall–Kier alpha value is -1.36. The van der Waals surface area contributed by atoms with Crippen LogP contribution in [0.3, 0.4) is 0 Å². The van der Waals surface area contributed by atoms with Crippen LogP contribution < -0.4 is 0 Å². The van der Waals surface area contributed by atoms with Crippen molar-refractivity contribution in [1.29, 1.82) is 0 Å². The second-order valence-corrected chi connectivity index (χ2v) is 4.75. The van der Waals surface area contributed by atoms with E-state index >= 15 is 0 Å². The Balaban J connectivity index is 2.68. The van der Waals surface area contributed by atoms with Crippen molar-refractivity contribution in [2.45, 2.75) is 38.9 Å². The summed E-state index contributed by atoms with van der Waals surface area (Å²) in [5.41, 5.74) is 0.338. The molecule has 0 unspecified atom stereocenters. The van der Waals surface area contributed by atoms with E-state index in [-0.39, 0.29) is 5.69 Å². The van der Waals surface area contributed by atoms with E-state index in [1.54, 1.807) is 0 Å². The molecule has 1 aliphatic rings. The van der Waals surface area contributed by atoms with Crippen LogP contribution in [0.2, 0.25) is 0 Å². The molecular weight excluding hydrogens is 196 g/mol. The molecule has 1 aromatic rings. The minimum atomic E-state index is -1.03. The number of rotatable bonds is 1. The molecule has 0 saturated carbocycles. The average Bonchev–Trinajstić information content (AvgIpc) is 2.50. The first-order valence-corrected chi connectivity index (χ1v) is 4.78. The number of H-pyrrole nitrogens is 1. The minimum Gasteiger partial charge on any atom is -0.476 e. The smallest absolute Gasteiger partial charge is 0.356 e. The summed E-state index contributed by atoms with van der Waals surface area (Å²) in [5.74, 6) is -1.03. The van der Waals surface area contributed by atoms with Gasteiger partial charge in [0.25, 0.3) is 0 Å². The summed E-state index contributed by atoms with van der Waals surface area (Å²) in [4.78, 5) is 11.0. The summed E-state index contributed by atoms with van der Waals surface area (Å²) in [7, 11) is 0. The van der Waals surface area contributed by atoms with Crippen LogP contribution >= 0.6 is 0 Å². The van der Waals surface area contributed by atoms with Crippen molar-refractivity contribution in [3.63, 3.8) is 0 Å². The first kappa shape index (κ1) is 10.2. The Kier molecular flexibility index (Phi) is 1.77. The molecular formula is C10H14N2O3. The zero-order chi connectivity index (χ0) is 11.4. The predicted molar refractivity (Wildman–Crippen MR) is 52.7 cm³/mol. The SMILES string of the molecule is CC1(C)OC(C)(C)c2c(C(=O)O)n[nH]c21. The number of fused-ring (bicyclic) bond motifs is 1. The standard InChI is InChI=1S/C10H14N2O3/c1-9(2)5-6(8(13)14)11-12-7(5)10(3,4)15-9/h1-4H3,(H,11,12)(H,13,14). The lowest BCUT2D eigenvalue weighted by Crippen LogP contribution is -2.24. The molecule has 0 amide bonds. The maximum absolute atomic E-state index is 11.0. The highest BCUT2D eigenvalue weighted by molar-refractivity contribution is 5.88. The molecule has 5 nitrogen and oxygen atoms in total. The number of aromatic amines is 1. The van der Waals surface area contributed by atoms with Gasteiger partial charge in [0.1, 0.15) is 5.60 Å². The molecule has 0 aliphatic carbocycles. The number of nitrogens with one attached hydrogen (secondary N) is 1. The van der Waals surface area contributed by atoms with Crippen LogP contribution in [0.1, 0.15) is 49.4 Å². The normalized spacial score (nSPS) is 21.3. The number of nitrogens with zero attached hydrogens (tertiary/aromatic N) is 1. The number of aromatic nitrogens is 2. The molecule has 2 rings (SSSR count). The third kappa shape index (κ3) is 1.26. The summed E-state index contributed by atoms with van der Waals surface area (Å²) >= 11 is 0. The summed E-state index contributed by atoms with van der Waals surface area (Å²) < 4.78 is 5.80. The topological polar surface area (TPSA) is 75.2 Å². The number of ether oxygens (including phenoxy) is 1. The van der Waals surface area contributed by atoms with E-state index < -0.39 is 17.2 Å². The van der Waals surface area contributed by atoms with Gasteiger partial charge in [-0.1, -0.05) is 0 Å². The minimum absolute atomic E-state index is 0.0561. The Labute approximate surface area is 87.4 Å². The number of aromatic carboxylic acids is 1. The Morgan fingerprint density at radius 2 is 1.93 bits per heavy atom. The third-order valence-electron chi connectivity index (χ3n) is 2.68. The largest absolute Gasteiger partial charge is 0.476 e. The maximum atomic E-state index is 11.0. The van der Waals surface area contributed by atoms with Gasteiger partial charge in [-0.05, 0) is 27.7 Å². The highest BCUT2D eigenvalue weighted by atomic mass is 16.5. The van der Waals surface area contributed by atoms with Crippen LogP contribution in [0.4, 0.5) is 0 Å². The lowest BCUT2D eigenvalue weighted by molar-refractivity contribution is -0.107. The summed E-state index contributed by atoms with van der Waals surface area (Å²) in [6, 6.07) is 0. The van der Waals surface area contributed by atoms with Gasteiger partial charge >= 0.3 is 5.97 Å². The Morgan fingerprint density at radius 3 is 2.47 bits per heavy atom. The van der Waals surface area contributed by atoms with Gasteiger partial charge in [-0.15, -0.1) is 0 Å². The second-order valence-electron chi connectivity index (χ2n) is 4.75. The molecule has 5 heteroatoms. The van der Waals surface area contributed by atoms with Crippen molar-refractivity contribution < 1.29 is 14.6 Å². The number of carbonyl (C=O) groups is 1. The van der Waals surface area contributed by atoms with Gasteiger partial charge in [0.05, 0.1) is 11.3 Å². The fourth-order valence-corrected chi connectivity index (χ4v) is 2.26. The molecule has 15 heavy (non-hydrogen) atoms. The molecule has 0 saturated heterocycles. The third-order valence-corrected chi connectivity index (χ3v) is 2.68. The van der Waals surface area contributed by atoms with Crippen molar-refractivity contribution >= 4 is 5.97 Å². The quantitative estimate of drug-likeness (QED) is 0.738. The Morgan fingerprint density at radius 1 is 1.33 bits per heavy atom. The Bertz CT molecular complexity index is 432. The van der Waals surface area contributed by atoms with Crippen molar-refractivity contribution in [3.8, 4) is 0 Å². The number of hydrogen-bond acceptors (Lipinski definition) is 3. The van der Waals surface area contributed by atoms with Gasteiger partial charge in [0.2, 0.25) is 0 Å². The fourth-order valence-electron chi connectivity index (χ4n) is 2.26. The predicted octanol–water partition coefficient (Wildman–Crippen LogP) is 1.61. The van der Waals surface area contributed by atoms with Crippen LogP contribution in [-0.4, -0.2) is 21.3 Å². The lowest BCUT2D eigenvalue weighted by Gasteiger charge is -2.25. The van der Waals surface area contributed by atoms with Crippen molar-refractivity contribution in [2.24, 2.45) is 0 Å². The van der Waals surface area contributed by atoms with Gasteiger partial charge < -0.3 is 9.84 Å². The molecule has 0 aromatic carbocycles.